The maximum absolute atomic E-state index is 13.1. The molecule has 1 fully saturated rings. The Morgan fingerprint density at radius 1 is 1.25 bits per heavy atom. The van der Waals surface area contributed by atoms with E-state index in [1.54, 1.807) is 19.1 Å². The molecule has 1 saturated heterocycles. The van der Waals surface area contributed by atoms with E-state index in [0.717, 1.165) is 24.9 Å². The molecule has 2 aromatic rings. The molecule has 0 aromatic carbocycles. The number of hydrogen-bond acceptors (Lipinski definition) is 3. The number of halogens is 1. The van der Waals surface area contributed by atoms with E-state index in [2.05, 4.69) is 4.98 Å². The highest BCUT2D eigenvalue weighted by Gasteiger charge is 2.35. The van der Waals surface area contributed by atoms with Crippen LogP contribution in [-0.2, 0) is 11.3 Å². The number of rotatable bonds is 1. The van der Waals surface area contributed by atoms with Gasteiger partial charge in [0.05, 0.1) is 11.9 Å². The number of hydrogen-bond donors (Lipinski definition) is 0. The lowest BCUT2D eigenvalue weighted by atomic mass is 9.82. The molecular weight excluding hydrogens is 309 g/mol. The summed E-state index contributed by atoms with van der Waals surface area (Å²) >= 11 is 0. The second-order valence-corrected chi connectivity index (χ2v) is 6.70. The SMILES string of the molecule is CC(=O)N1C[C@@H]2C[C@H](C1)c1cc(-c3ccc(F)cn3)cc(=O)n1C2. The Balaban J connectivity index is 1.77. The second kappa shape index (κ2) is 5.54. The Hall–Kier alpha value is -2.50. The van der Waals surface area contributed by atoms with Gasteiger partial charge in [0.25, 0.3) is 5.56 Å². The topological polar surface area (TPSA) is 55.2 Å². The number of carbonyl (C=O) groups excluding carboxylic acids is 1. The fourth-order valence-electron chi connectivity index (χ4n) is 3.91. The molecule has 2 atom stereocenters. The smallest absolute Gasteiger partial charge is 0.251 e. The van der Waals surface area contributed by atoms with Crippen LogP contribution in [0.1, 0.15) is 25.0 Å². The Morgan fingerprint density at radius 3 is 2.79 bits per heavy atom. The number of fused-ring (bicyclic) bond motifs is 4. The minimum absolute atomic E-state index is 0.0559. The van der Waals surface area contributed by atoms with Crippen LogP contribution in [0.3, 0.4) is 0 Å². The molecule has 2 aromatic heterocycles. The number of piperidine rings is 1. The molecule has 2 aliphatic rings. The minimum Gasteiger partial charge on any atom is -0.342 e. The van der Waals surface area contributed by atoms with E-state index in [-0.39, 0.29) is 17.4 Å². The summed E-state index contributed by atoms with van der Waals surface area (Å²) in [5.41, 5.74) is 2.17. The van der Waals surface area contributed by atoms with Crippen LogP contribution in [-0.4, -0.2) is 33.4 Å². The van der Waals surface area contributed by atoms with Gasteiger partial charge in [0.2, 0.25) is 5.91 Å². The van der Waals surface area contributed by atoms with Gasteiger partial charge in [-0.25, -0.2) is 4.39 Å². The lowest BCUT2D eigenvalue weighted by Gasteiger charge is -2.42. The van der Waals surface area contributed by atoms with Crippen molar-refractivity contribution in [1.29, 1.82) is 0 Å². The van der Waals surface area contributed by atoms with Crippen LogP contribution in [0, 0.1) is 11.7 Å². The summed E-state index contributed by atoms with van der Waals surface area (Å²) in [6.07, 6.45) is 2.14. The standard InChI is InChI=1S/C18H18FN3O2/c1-11(23)21-8-12-4-14(10-21)17-5-13(6-18(24)22(17)9-12)16-3-2-15(19)7-20-16/h2-3,5-7,12,14H,4,8-10H2,1H3/t12-,14+/m0/s1. The fourth-order valence-corrected chi connectivity index (χ4v) is 3.91. The zero-order valence-corrected chi connectivity index (χ0v) is 13.4. The fraction of sp³-hybridized carbons (Fsp3) is 0.389. The Kier molecular flexibility index (Phi) is 3.48. The number of nitrogens with zero attached hydrogens (tertiary/aromatic N) is 3. The summed E-state index contributed by atoms with van der Waals surface area (Å²) in [5, 5.41) is 0. The summed E-state index contributed by atoms with van der Waals surface area (Å²) in [5.74, 6) is 0.166. The molecule has 0 saturated carbocycles. The maximum Gasteiger partial charge on any atom is 0.251 e. The summed E-state index contributed by atoms with van der Waals surface area (Å²) in [6.45, 7) is 3.60. The van der Waals surface area contributed by atoms with Gasteiger partial charge in [-0.2, -0.15) is 0 Å². The third kappa shape index (κ3) is 2.52. The van der Waals surface area contributed by atoms with Gasteiger partial charge in [-0.3, -0.25) is 14.6 Å². The lowest BCUT2D eigenvalue weighted by molar-refractivity contribution is -0.131. The van der Waals surface area contributed by atoms with Gasteiger partial charge in [0.15, 0.2) is 0 Å². The first-order valence-corrected chi connectivity index (χ1v) is 8.13. The summed E-state index contributed by atoms with van der Waals surface area (Å²) in [7, 11) is 0. The van der Waals surface area contributed by atoms with Crippen molar-refractivity contribution in [2.75, 3.05) is 13.1 Å². The molecule has 0 radical (unpaired) electrons. The zero-order valence-electron chi connectivity index (χ0n) is 13.4. The van der Waals surface area contributed by atoms with Gasteiger partial charge >= 0.3 is 0 Å². The first-order chi connectivity index (χ1) is 11.5. The molecule has 0 spiro atoms. The molecule has 2 aliphatic heterocycles. The van der Waals surface area contributed by atoms with E-state index in [0.29, 0.717) is 30.3 Å². The van der Waals surface area contributed by atoms with Crippen molar-refractivity contribution in [1.82, 2.24) is 14.5 Å². The lowest BCUT2D eigenvalue weighted by Crippen LogP contribution is -2.48. The van der Waals surface area contributed by atoms with Crippen molar-refractivity contribution in [2.24, 2.45) is 5.92 Å². The van der Waals surface area contributed by atoms with E-state index in [1.807, 2.05) is 15.5 Å². The number of carbonyl (C=O) groups is 1. The van der Waals surface area contributed by atoms with Gasteiger partial charge in [0, 0.05) is 49.8 Å². The molecule has 6 heteroatoms. The average molecular weight is 327 g/mol. The van der Waals surface area contributed by atoms with Crippen LogP contribution < -0.4 is 5.56 Å². The molecule has 124 valence electrons. The summed E-state index contributed by atoms with van der Waals surface area (Å²) in [6, 6.07) is 6.45. The van der Waals surface area contributed by atoms with Gasteiger partial charge < -0.3 is 9.47 Å². The Bertz CT molecular complexity index is 860. The molecule has 1 amide bonds. The monoisotopic (exact) mass is 327 g/mol. The van der Waals surface area contributed by atoms with Crippen LogP contribution in [0.5, 0.6) is 0 Å². The zero-order chi connectivity index (χ0) is 16.8. The molecule has 2 bridgehead atoms. The highest BCUT2D eigenvalue weighted by atomic mass is 19.1. The first kappa shape index (κ1) is 15.1. The van der Waals surface area contributed by atoms with Crippen molar-refractivity contribution in [2.45, 2.75) is 25.8 Å². The number of aromatic nitrogens is 2. The van der Waals surface area contributed by atoms with Crippen molar-refractivity contribution in [3.8, 4) is 11.3 Å². The Labute approximate surface area is 138 Å². The van der Waals surface area contributed by atoms with Gasteiger partial charge in [0.1, 0.15) is 5.82 Å². The largest absolute Gasteiger partial charge is 0.342 e. The number of pyridine rings is 2. The normalized spacial score (nSPS) is 22.2. The summed E-state index contributed by atoms with van der Waals surface area (Å²) < 4.78 is 14.9. The Morgan fingerprint density at radius 2 is 2.08 bits per heavy atom. The van der Waals surface area contributed by atoms with E-state index in [9.17, 15) is 14.0 Å². The molecule has 0 N–H and O–H groups in total. The molecule has 4 rings (SSSR count). The van der Waals surface area contributed by atoms with Gasteiger partial charge in [-0.1, -0.05) is 0 Å². The van der Waals surface area contributed by atoms with Gasteiger partial charge in [-0.05, 0) is 30.5 Å². The quantitative estimate of drug-likeness (QED) is 0.805. The predicted molar refractivity (Wildman–Crippen MR) is 87.0 cm³/mol. The molecule has 24 heavy (non-hydrogen) atoms. The van der Waals surface area contributed by atoms with E-state index >= 15 is 0 Å². The van der Waals surface area contributed by atoms with Crippen LogP contribution in [0.15, 0.2) is 35.3 Å². The molecule has 0 aliphatic carbocycles. The highest BCUT2D eigenvalue weighted by molar-refractivity contribution is 5.73. The minimum atomic E-state index is -0.402. The molecular formula is C18H18FN3O2. The third-order valence-corrected chi connectivity index (χ3v) is 5.02. The van der Waals surface area contributed by atoms with Crippen molar-refractivity contribution in [3.63, 3.8) is 0 Å². The molecule has 4 heterocycles. The summed E-state index contributed by atoms with van der Waals surface area (Å²) in [4.78, 5) is 30.2. The first-order valence-electron chi connectivity index (χ1n) is 8.13. The molecule has 5 nitrogen and oxygen atoms in total. The number of likely N-dealkylation sites (tertiary alicyclic amines) is 1. The van der Waals surface area contributed by atoms with Crippen molar-refractivity contribution in [3.05, 3.63) is 52.3 Å². The maximum atomic E-state index is 13.1. The van der Waals surface area contributed by atoms with Crippen LogP contribution in [0.25, 0.3) is 11.3 Å². The van der Waals surface area contributed by atoms with Crippen molar-refractivity contribution < 1.29 is 9.18 Å². The average Bonchev–Trinajstić information content (AvgIpc) is 2.56. The highest BCUT2D eigenvalue weighted by Crippen LogP contribution is 2.36. The van der Waals surface area contributed by atoms with Crippen molar-refractivity contribution >= 4 is 5.91 Å². The molecule has 0 unspecified atom stereocenters. The van der Waals surface area contributed by atoms with Gasteiger partial charge in [-0.15, -0.1) is 0 Å². The van der Waals surface area contributed by atoms with E-state index in [1.165, 1.54) is 6.07 Å². The number of amides is 1. The van der Waals surface area contributed by atoms with Crippen LogP contribution in [0.4, 0.5) is 4.39 Å². The van der Waals surface area contributed by atoms with E-state index in [4.69, 9.17) is 0 Å². The third-order valence-electron chi connectivity index (χ3n) is 5.02. The van der Waals surface area contributed by atoms with Crippen LogP contribution >= 0.6 is 0 Å². The van der Waals surface area contributed by atoms with Crippen LogP contribution in [0.2, 0.25) is 0 Å². The second-order valence-electron chi connectivity index (χ2n) is 6.70. The predicted octanol–water partition coefficient (Wildman–Crippen LogP) is 2.02. The van der Waals surface area contributed by atoms with E-state index < -0.39 is 5.82 Å².